The van der Waals surface area contributed by atoms with Crippen molar-refractivity contribution in [3.63, 3.8) is 0 Å². The summed E-state index contributed by atoms with van der Waals surface area (Å²) in [6, 6.07) is 7.38. The van der Waals surface area contributed by atoms with E-state index in [1.165, 1.54) is 20.5 Å². The van der Waals surface area contributed by atoms with Crippen molar-refractivity contribution in [1.29, 1.82) is 0 Å². The van der Waals surface area contributed by atoms with Crippen LogP contribution < -0.4 is 0 Å². The van der Waals surface area contributed by atoms with Crippen LogP contribution in [0.3, 0.4) is 0 Å². The van der Waals surface area contributed by atoms with Crippen molar-refractivity contribution in [2.75, 3.05) is 14.2 Å². The van der Waals surface area contributed by atoms with E-state index < -0.39 is 11.6 Å². The lowest BCUT2D eigenvalue weighted by Gasteiger charge is -2.12. The molecular formula is C19H25NO5. The van der Waals surface area contributed by atoms with Crippen molar-refractivity contribution < 1.29 is 23.8 Å². The Kier molecular flexibility index (Phi) is 5.52. The molecule has 0 saturated carbocycles. The number of hydrogen-bond donors (Lipinski definition) is 0. The van der Waals surface area contributed by atoms with Crippen LogP contribution in [0.5, 0.6) is 0 Å². The Labute approximate surface area is 148 Å². The third-order valence-electron chi connectivity index (χ3n) is 4.63. The summed E-state index contributed by atoms with van der Waals surface area (Å²) in [4.78, 5) is 17.5. The van der Waals surface area contributed by atoms with Gasteiger partial charge < -0.3 is 19.0 Å². The van der Waals surface area contributed by atoms with E-state index in [9.17, 15) is 4.79 Å². The number of epoxide rings is 1. The lowest BCUT2D eigenvalue weighted by atomic mass is 9.94. The zero-order chi connectivity index (χ0) is 18.7. The van der Waals surface area contributed by atoms with Gasteiger partial charge in [0.1, 0.15) is 17.8 Å². The number of oxime groups is 1. The summed E-state index contributed by atoms with van der Waals surface area (Å²) < 4.78 is 15.5. The molecule has 0 N–H and O–H groups in total. The molecule has 0 amide bonds. The first kappa shape index (κ1) is 19.0. The Hall–Kier alpha value is -2.34. The van der Waals surface area contributed by atoms with Gasteiger partial charge in [0.25, 0.3) is 0 Å². The van der Waals surface area contributed by atoms with Crippen LogP contribution in [0, 0.1) is 0 Å². The lowest BCUT2D eigenvalue weighted by Crippen LogP contribution is -2.25. The predicted molar refractivity (Wildman–Crippen MR) is 94.9 cm³/mol. The van der Waals surface area contributed by atoms with Gasteiger partial charge in [0.05, 0.1) is 31.8 Å². The normalized spacial score (nSPS) is 22.3. The Bertz CT molecular complexity index is 708. The fraction of sp³-hybridized carbons (Fsp3) is 0.474. The summed E-state index contributed by atoms with van der Waals surface area (Å²) in [5.74, 6) is -0.477. The number of carbonyl (C=O) groups excluding carboxylic acids is 1. The van der Waals surface area contributed by atoms with Gasteiger partial charge in [-0.15, -0.1) is 0 Å². The second-order valence-corrected chi connectivity index (χ2v) is 6.51. The molecule has 0 bridgehead atoms. The van der Waals surface area contributed by atoms with E-state index in [4.69, 9.17) is 19.0 Å². The molecule has 0 aliphatic carbocycles. The number of rotatable bonds is 7. The maximum absolute atomic E-state index is 12.0. The first-order chi connectivity index (χ1) is 11.8. The standard InChI is InChI=1S/C19H25NO5/c1-13(19(4)18(2,3)25-19)20-24-11-14-9-7-8-10-15(14)16(12-22-5)17(21)23-6/h7-10,12H,11H2,1-6H3/b16-12+,20-13+. The molecule has 0 aromatic heterocycles. The third kappa shape index (κ3) is 3.85. The fourth-order valence-corrected chi connectivity index (χ4v) is 2.64. The Balaban J connectivity index is 2.16. The molecule has 6 nitrogen and oxygen atoms in total. The van der Waals surface area contributed by atoms with Crippen LogP contribution in [0.25, 0.3) is 5.57 Å². The van der Waals surface area contributed by atoms with Gasteiger partial charge in [0.2, 0.25) is 0 Å². The monoisotopic (exact) mass is 347 g/mol. The summed E-state index contributed by atoms with van der Waals surface area (Å²) in [5, 5.41) is 4.19. The number of carbonyl (C=O) groups is 1. The molecule has 1 fully saturated rings. The van der Waals surface area contributed by atoms with Crippen LogP contribution in [-0.2, 0) is 30.4 Å². The third-order valence-corrected chi connectivity index (χ3v) is 4.63. The smallest absolute Gasteiger partial charge is 0.341 e. The highest BCUT2D eigenvalue weighted by Gasteiger charge is 2.62. The van der Waals surface area contributed by atoms with E-state index in [1.54, 1.807) is 0 Å². The first-order valence-electron chi connectivity index (χ1n) is 8.03. The zero-order valence-electron chi connectivity index (χ0n) is 15.6. The van der Waals surface area contributed by atoms with Crippen LogP contribution in [-0.4, -0.2) is 37.1 Å². The van der Waals surface area contributed by atoms with Crippen LogP contribution in [0.1, 0.15) is 38.8 Å². The minimum atomic E-state index is -0.477. The quantitative estimate of drug-likeness (QED) is 0.189. The van der Waals surface area contributed by atoms with Crippen molar-refractivity contribution in [2.45, 2.75) is 45.5 Å². The summed E-state index contributed by atoms with van der Waals surface area (Å²) in [7, 11) is 2.81. The molecular weight excluding hydrogens is 322 g/mol. The number of nitrogens with zero attached hydrogens (tertiary/aromatic N) is 1. The van der Waals surface area contributed by atoms with Crippen molar-refractivity contribution in [3.05, 3.63) is 41.7 Å². The van der Waals surface area contributed by atoms with Gasteiger partial charge in [-0.1, -0.05) is 29.4 Å². The van der Waals surface area contributed by atoms with Crippen LogP contribution in [0.15, 0.2) is 35.7 Å². The molecule has 1 heterocycles. The van der Waals surface area contributed by atoms with Crippen LogP contribution in [0.2, 0.25) is 0 Å². The molecule has 0 radical (unpaired) electrons. The Morgan fingerprint density at radius 1 is 1.24 bits per heavy atom. The first-order valence-corrected chi connectivity index (χ1v) is 8.03. The number of hydrogen-bond acceptors (Lipinski definition) is 6. The van der Waals surface area contributed by atoms with Gasteiger partial charge in [0.15, 0.2) is 0 Å². The van der Waals surface area contributed by atoms with Crippen LogP contribution in [0.4, 0.5) is 0 Å². The lowest BCUT2D eigenvalue weighted by molar-refractivity contribution is -0.133. The molecule has 136 valence electrons. The second kappa shape index (κ2) is 7.27. The highest BCUT2D eigenvalue weighted by Crippen LogP contribution is 2.48. The van der Waals surface area contributed by atoms with Gasteiger partial charge in [-0.3, -0.25) is 0 Å². The minimum absolute atomic E-state index is 0.210. The van der Waals surface area contributed by atoms with Crippen molar-refractivity contribution in [1.82, 2.24) is 0 Å². The van der Waals surface area contributed by atoms with Crippen molar-refractivity contribution in [3.8, 4) is 0 Å². The molecule has 1 aromatic carbocycles. The van der Waals surface area contributed by atoms with E-state index in [1.807, 2.05) is 52.0 Å². The number of methoxy groups -OCH3 is 2. The van der Waals surface area contributed by atoms with Gasteiger partial charge >= 0.3 is 5.97 Å². The highest BCUT2D eigenvalue weighted by atomic mass is 16.6. The molecule has 1 aromatic rings. The number of ether oxygens (including phenoxy) is 3. The van der Waals surface area contributed by atoms with Gasteiger partial charge in [-0.05, 0) is 33.3 Å². The second-order valence-electron chi connectivity index (χ2n) is 6.51. The number of benzene rings is 1. The fourth-order valence-electron chi connectivity index (χ4n) is 2.64. The van der Waals surface area contributed by atoms with Gasteiger partial charge in [0, 0.05) is 5.56 Å². The van der Waals surface area contributed by atoms with E-state index in [0.717, 1.165) is 11.3 Å². The van der Waals surface area contributed by atoms with E-state index in [0.29, 0.717) is 11.1 Å². The maximum atomic E-state index is 12.0. The molecule has 1 aliphatic heterocycles. The molecule has 1 saturated heterocycles. The maximum Gasteiger partial charge on any atom is 0.341 e. The molecule has 1 aliphatic rings. The molecule has 6 heteroatoms. The summed E-state index contributed by atoms with van der Waals surface area (Å²) in [6.07, 6.45) is 1.36. The minimum Gasteiger partial charge on any atom is -0.503 e. The van der Waals surface area contributed by atoms with E-state index >= 15 is 0 Å². The van der Waals surface area contributed by atoms with Crippen LogP contribution >= 0.6 is 0 Å². The summed E-state index contributed by atoms with van der Waals surface area (Å²) in [5.41, 5.74) is 1.94. The number of esters is 1. The predicted octanol–water partition coefficient (Wildman–Crippen LogP) is 3.31. The van der Waals surface area contributed by atoms with E-state index in [2.05, 4.69) is 5.16 Å². The zero-order valence-corrected chi connectivity index (χ0v) is 15.6. The molecule has 1 unspecified atom stereocenters. The summed E-state index contributed by atoms with van der Waals surface area (Å²) >= 11 is 0. The summed E-state index contributed by atoms with van der Waals surface area (Å²) in [6.45, 7) is 8.10. The SMILES string of the molecule is CO/C=C(/C(=O)OC)c1ccccc1CO/N=C(\C)C1(C)OC1(C)C. The molecule has 25 heavy (non-hydrogen) atoms. The molecule has 0 spiro atoms. The molecule has 1 atom stereocenters. The molecule has 2 rings (SSSR count). The van der Waals surface area contributed by atoms with Gasteiger partial charge in [-0.2, -0.15) is 0 Å². The van der Waals surface area contributed by atoms with Crippen molar-refractivity contribution in [2.24, 2.45) is 5.16 Å². The van der Waals surface area contributed by atoms with Crippen molar-refractivity contribution >= 4 is 17.3 Å². The van der Waals surface area contributed by atoms with Gasteiger partial charge in [-0.25, -0.2) is 4.79 Å². The van der Waals surface area contributed by atoms with E-state index in [-0.39, 0.29) is 12.2 Å². The average Bonchev–Trinajstić information content (AvgIpc) is 3.12. The topological polar surface area (TPSA) is 69.7 Å². The largest absolute Gasteiger partial charge is 0.503 e. The Morgan fingerprint density at radius 3 is 2.44 bits per heavy atom. The Morgan fingerprint density at radius 2 is 1.88 bits per heavy atom. The highest BCUT2D eigenvalue weighted by molar-refractivity contribution is 6.16. The average molecular weight is 347 g/mol.